The molecule has 2 nitrogen and oxygen atoms in total. The molecule has 0 unspecified atom stereocenters. The molecule has 0 aliphatic carbocycles. The molecule has 1 aromatic rings. The van der Waals surface area contributed by atoms with E-state index in [0.717, 1.165) is 6.07 Å². The van der Waals surface area contributed by atoms with Crippen molar-refractivity contribution in [2.24, 2.45) is 4.99 Å². The molecule has 0 aromatic heterocycles. The smallest absolute Gasteiger partial charge is 0.281 e. The van der Waals surface area contributed by atoms with Crippen LogP contribution < -0.4 is 0 Å². The van der Waals surface area contributed by atoms with E-state index in [1.807, 2.05) is 0 Å². The zero-order valence-electron chi connectivity index (χ0n) is 7.88. The largest absolute Gasteiger partial charge is 0.417 e. The van der Waals surface area contributed by atoms with Crippen LogP contribution in [-0.2, 0) is 12.7 Å². The van der Waals surface area contributed by atoms with Gasteiger partial charge in [-0.05, 0) is 17.7 Å². The summed E-state index contributed by atoms with van der Waals surface area (Å²) in [5, 5.41) is 8.69. The molecule has 6 heteroatoms. The number of nitriles is 1. The minimum Gasteiger partial charge on any atom is -0.281 e. The second kappa shape index (κ2) is 3.83. The Morgan fingerprint density at radius 3 is 2.75 bits per heavy atom. The van der Waals surface area contributed by atoms with E-state index in [1.165, 1.54) is 17.8 Å². The van der Waals surface area contributed by atoms with Gasteiger partial charge in [0.25, 0.3) is 0 Å². The van der Waals surface area contributed by atoms with Crippen molar-refractivity contribution >= 4 is 17.3 Å². The second-order valence-corrected chi connectivity index (χ2v) is 4.07. The summed E-state index contributed by atoms with van der Waals surface area (Å²) in [6.07, 6.45) is -4.49. The number of halogens is 3. The molecule has 0 N–H and O–H groups in total. The summed E-state index contributed by atoms with van der Waals surface area (Å²) < 4.78 is 37.8. The Bertz CT molecular complexity index is 500. The van der Waals surface area contributed by atoms with Crippen LogP contribution in [0.25, 0.3) is 0 Å². The van der Waals surface area contributed by atoms with E-state index in [9.17, 15) is 13.2 Å². The normalized spacial score (nSPS) is 14.4. The summed E-state index contributed by atoms with van der Waals surface area (Å²) >= 11 is 1.23. The molecule has 0 atom stereocenters. The van der Waals surface area contributed by atoms with Gasteiger partial charge in [-0.2, -0.15) is 18.4 Å². The number of nitrogens with zero attached hydrogens (tertiary/aromatic N) is 2. The minimum absolute atomic E-state index is 0.233. The van der Waals surface area contributed by atoms with Crippen LogP contribution in [0.15, 0.2) is 22.0 Å². The van der Waals surface area contributed by atoms with Gasteiger partial charge in [0, 0.05) is 4.90 Å². The number of thioether (sulfide) groups is 1. The predicted molar refractivity (Wildman–Crippen MR) is 54.2 cm³/mol. The second-order valence-electron chi connectivity index (χ2n) is 3.18. The van der Waals surface area contributed by atoms with E-state index in [2.05, 4.69) is 4.99 Å². The molecule has 0 amide bonds. The number of benzene rings is 1. The third-order valence-electron chi connectivity index (χ3n) is 2.14. The van der Waals surface area contributed by atoms with E-state index >= 15 is 0 Å². The minimum atomic E-state index is -4.49. The van der Waals surface area contributed by atoms with Gasteiger partial charge in [-0.3, -0.25) is 4.99 Å². The van der Waals surface area contributed by atoms with Gasteiger partial charge in [0.2, 0.25) is 0 Å². The van der Waals surface area contributed by atoms with Crippen LogP contribution >= 0.6 is 11.8 Å². The molecule has 1 aromatic carbocycles. The highest BCUT2D eigenvalue weighted by Gasteiger charge is 2.34. The lowest BCUT2D eigenvalue weighted by atomic mass is 10.0. The maximum atomic E-state index is 12.6. The molecule has 1 aliphatic rings. The SMILES string of the molecule is N#Cc1cc2c(cc1C(F)(F)F)CN=CS2. The van der Waals surface area contributed by atoms with Gasteiger partial charge in [0.1, 0.15) is 0 Å². The maximum Gasteiger partial charge on any atom is 0.417 e. The fourth-order valence-electron chi connectivity index (χ4n) is 1.41. The summed E-state index contributed by atoms with van der Waals surface area (Å²) in [6, 6.07) is 3.86. The van der Waals surface area contributed by atoms with Gasteiger partial charge in [-0.1, -0.05) is 11.8 Å². The van der Waals surface area contributed by atoms with Crippen LogP contribution in [0.1, 0.15) is 16.7 Å². The molecule has 2 rings (SSSR count). The lowest BCUT2D eigenvalue weighted by molar-refractivity contribution is -0.137. The van der Waals surface area contributed by atoms with Gasteiger partial charge < -0.3 is 0 Å². The van der Waals surface area contributed by atoms with Crippen molar-refractivity contribution in [3.05, 3.63) is 28.8 Å². The number of fused-ring (bicyclic) bond motifs is 1. The molecule has 0 fully saturated rings. The van der Waals surface area contributed by atoms with E-state index in [-0.39, 0.29) is 12.1 Å². The van der Waals surface area contributed by atoms with Crippen molar-refractivity contribution in [2.75, 3.05) is 0 Å². The summed E-state index contributed by atoms with van der Waals surface area (Å²) in [4.78, 5) is 4.55. The van der Waals surface area contributed by atoms with E-state index in [4.69, 9.17) is 5.26 Å². The first kappa shape index (κ1) is 11.0. The third kappa shape index (κ3) is 1.91. The molecule has 82 valence electrons. The first-order valence-electron chi connectivity index (χ1n) is 4.31. The van der Waals surface area contributed by atoms with E-state index in [0.29, 0.717) is 10.5 Å². The standard InChI is InChI=1S/C10H5F3N2S/c11-10(12,13)8-1-7-4-15-5-16-9(7)2-6(8)3-14/h1-2,5H,4H2. The zero-order valence-corrected chi connectivity index (χ0v) is 8.69. The molecule has 1 aliphatic heterocycles. The Morgan fingerprint density at radius 2 is 2.12 bits per heavy atom. The third-order valence-corrected chi connectivity index (χ3v) is 3.03. The molecule has 0 saturated heterocycles. The first-order chi connectivity index (χ1) is 7.52. The topological polar surface area (TPSA) is 36.1 Å². The summed E-state index contributed by atoms with van der Waals surface area (Å²) in [5.74, 6) is 0. The molecular weight excluding hydrogens is 237 g/mol. The highest BCUT2D eigenvalue weighted by atomic mass is 32.2. The first-order valence-corrected chi connectivity index (χ1v) is 5.19. The van der Waals surface area contributed by atoms with Crippen molar-refractivity contribution < 1.29 is 13.2 Å². The lowest BCUT2D eigenvalue weighted by Gasteiger charge is -2.15. The molecule has 0 saturated carbocycles. The van der Waals surface area contributed by atoms with E-state index < -0.39 is 11.7 Å². The van der Waals surface area contributed by atoms with Gasteiger partial charge in [0.05, 0.1) is 29.3 Å². The van der Waals surface area contributed by atoms with Crippen LogP contribution in [0, 0.1) is 11.3 Å². The number of rotatable bonds is 0. The molecular formula is C10H5F3N2S. The highest BCUT2D eigenvalue weighted by molar-refractivity contribution is 8.12. The summed E-state index contributed by atoms with van der Waals surface area (Å²) in [7, 11) is 0. The van der Waals surface area contributed by atoms with Crippen molar-refractivity contribution in [1.29, 1.82) is 5.26 Å². The average Bonchev–Trinajstić information content (AvgIpc) is 2.26. The molecule has 1 heterocycles. The summed E-state index contributed by atoms with van der Waals surface area (Å²) in [5.41, 5.74) is 0.857. The van der Waals surface area contributed by atoms with Gasteiger partial charge in [-0.25, -0.2) is 0 Å². The van der Waals surface area contributed by atoms with Gasteiger partial charge in [0.15, 0.2) is 0 Å². The number of alkyl halides is 3. The fourth-order valence-corrected chi connectivity index (χ4v) is 2.14. The molecule has 0 spiro atoms. The Kier molecular flexibility index (Phi) is 2.64. The van der Waals surface area contributed by atoms with Crippen molar-refractivity contribution in [1.82, 2.24) is 0 Å². The zero-order chi connectivity index (χ0) is 11.8. The van der Waals surface area contributed by atoms with Crippen molar-refractivity contribution in [3.63, 3.8) is 0 Å². The number of hydrogen-bond donors (Lipinski definition) is 0. The van der Waals surface area contributed by atoms with Gasteiger partial charge in [-0.15, -0.1) is 0 Å². The Labute approximate surface area is 93.8 Å². The monoisotopic (exact) mass is 242 g/mol. The maximum absolute atomic E-state index is 12.6. The van der Waals surface area contributed by atoms with Crippen LogP contribution in [0.4, 0.5) is 13.2 Å². The average molecular weight is 242 g/mol. The van der Waals surface area contributed by atoms with Crippen LogP contribution in [0.2, 0.25) is 0 Å². The molecule has 0 bridgehead atoms. The van der Waals surface area contributed by atoms with Crippen LogP contribution in [0.5, 0.6) is 0 Å². The molecule has 0 radical (unpaired) electrons. The van der Waals surface area contributed by atoms with Crippen molar-refractivity contribution in [2.45, 2.75) is 17.6 Å². The fraction of sp³-hybridized carbons (Fsp3) is 0.200. The van der Waals surface area contributed by atoms with Crippen LogP contribution in [-0.4, -0.2) is 5.55 Å². The van der Waals surface area contributed by atoms with Gasteiger partial charge >= 0.3 is 6.18 Å². The summed E-state index contributed by atoms with van der Waals surface area (Å²) in [6.45, 7) is 0.233. The van der Waals surface area contributed by atoms with Crippen molar-refractivity contribution in [3.8, 4) is 6.07 Å². The lowest BCUT2D eigenvalue weighted by Crippen LogP contribution is -2.10. The highest BCUT2D eigenvalue weighted by Crippen LogP contribution is 2.36. The Hall–Kier alpha value is -1.48. The predicted octanol–water partition coefficient (Wildman–Crippen LogP) is 3.21. The van der Waals surface area contributed by atoms with Crippen LogP contribution in [0.3, 0.4) is 0 Å². The Morgan fingerprint density at radius 1 is 1.38 bits per heavy atom. The molecule has 16 heavy (non-hydrogen) atoms. The quantitative estimate of drug-likeness (QED) is 0.700. The number of hydrogen-bond acceptors (Lipinski definition) is 3. The number of aliphatic imine (C=N–C) groups is 1. The Balaban J connectivity index is 2.60. The van der Waals surface area contributed by atoms with E-state index in [1.54, 1.807) is 11.6 Å².